The second kappa shape index (κ2) is 5.84. The van der Waals surface area contributed by atoms with Crippen LogP contribution in [0.1, 0.15) is 0 Å². The molecule has 0 rings (SSSR count). The Hall–Kier alpha value is -0.920. The summed E-state index contributed by atoms with van der Waals surface area (Å²) in [5, 5.41) is 8.23. The summed E-state index contributed by atoms with van der Waals surface area (Å²) in [6, 6.07) is 0. The largest absolute Gasteiger partial charge is 0.481 e. The fourth-order valence-electron chi connectivity index (χ4n) is 0.693. The van der Waals surface area contributed by atoms with Crippen molar-refractivity contribution in [1.29, 1.82) is 0 Å². The standard InChI is InChI=1S/C7H10F3NO3S/c1-11(4-7(8,9)10)5(12)2-15-3-6(13)14/h2-4H2,1H3,(H,13,14). The highest BCUT2D eigenvalue weighted by Gasteiger charge is 2.30. The van der Waals surface area contributed by atoms with Gasteiger partial charge in [0, 0.05) is 7.05 Å². The number of carboxylic acid groups (broad SMARTS) is 1. The van der Waals surface area contributed by atoms with E-state index in [2.05, 4.69) is 0 Å². The van der Waals surface area contributed by atoms with Crippen LogP contribution in [0.25, 0.3) is 0 Å². The van der Waals surface area contributed by atoms with Crippen LogP contribution in [0, 0.1) is 0 Å². The van der Waals surface area contributed by atoms with Gasteiger partial charge in [0.2, 0.25) is 5.91 Å². The number of carboxylic acids is 1. The molecule has 88 valence electrons. The summed E-state index contributed by atoms with van der Waals surface area (Å²) in [5.74, 6) is -2.41. The van der Waals surface area contributed by atoms with E-state index in [1.165, 1.54) is 0 Å². The first-order chi connectivity index (χ1) is 6.72. The fraction of sp³-hybridized carbons (Fsp3) is 0.714. The lowest BCUT2D eigenvalue weighted by Gasteiger charge is -2.18. The number of aliphatic carboxylic acids is 1. The number of hydrogen-bond donors (Lipinski definition) is 1. The molecule has 0 saturated heterocycles. The summed E-state index contributed by atoms with van der Waals surface area (Å²) in [6.07, 6.45) is -4.43. The van der Waals surface area contributed by atoms with Gasteiger partial charge in [-0.25, -0.2) is 0 Å². The quantitative estimate of drug-likeness (QED) is 0.779. The molecule has 0 aliphatic heterocycles. The lowest BCUT2D eigenvalue weighted by Crippen LogP contribution is -2.36. The summed E-state index contributed by atoms with van der Waals surface area (Å²) in [6.45, 7) is -1.32. The Kier molecular flexibility index (Phi) is 5.48. The van der Waals surface area contributed by atoms with Gasteiger partial charge in [-0.1, -0.05) is 0 Å². The third-order valence-electron chi connectivity index (χ3n) is 1.29. The second-order valence-corrected chi connectivity index (χ2v) is 3.74. The van der Waals surface area contributed by atoms with Crippen LogP contribution in [-0.2, 0) is 9.59 Å². The van der Waals surface area contributed by atoms with Crippen molar-refractivity contribution < 1.29 is 27.9 Å². The van der Waals surface area contributed by atoms with Crippen molar-refractivity contribution in [1.82, 2.24) is 4.90 Å². The summed E-state index contributed by atoms with van der Waals surface area (Å²) in [5.41, 5.74) is 0. The van der Waals surface area contributed by atoms with Crippen molar-refractivity contribution in [3.63, 3.8) is 0 Å². The van der Waals surface area contributed by atoms with Gasteiger partial charge in [0.15, 0.2) is 0 Å². The average Bonchev–Trinajstić information content (AvgIpc) is 1.99. The monoisotopic (exact) mass is 245 g/mol. The molecule has 0 bridgehead atoms. The van der Waals surface area contributed by atoms with Crippen LogP contribution < -0.4 is 0 Å². The van der Waals surface area contributed by atoms with Crippen molar-refractivity contribution in [2.45, 2.75) is 6.18 Å². The number of hydrogen-bond acceptors (Lipinski definition) is 3. The highest BCUT2D eigenvalue weighted by Crippen LogP contribution is 2.16. The number of thioether (sulfide) groups is 1. The average molecular weight is 245 g/mol. The van der Waals surface area contributed by atoms with E-state index in [4.69, 9.17) is 5.11 Å². The van der Waals surface area contributed by atoms with E-state index in [1.54, 1.807) is 0 Å². The first-order valence-corrected chi connectivity index (χ1v) is 4.98. The van der Waals surface area contributed by atoms with Crippen LogP contribution in [0.15, 0.2) is 0 Å². The highest BCUT2D eigenvalue weighted by molar-refractivity contribution is 8.00. The third-order valence-corrected chi connectivity index (χ3v) is 2.20. The first-order valence-electron chi connectivity index (χ1n) is 3.82. The predicted molar refractivity (Wildman–Crippen MR) is 48.7 cm³/mol. The lowest BCUT2D eigenvalue weighted by molar-refractivity contribution is -0.156. The Morgan fingerprint density at radius 1 is 1.33 bits per heavy atom. The van der Waals surface area contributed by atoms with Gasteiger partial charge in [0.25, 0.3) is 0 Å². The van der Waals surface area contributed by atoms with E-state index < -0.39 is 24.6 Å². The Morgan fingerprint density at radius 2 is 1.87 bits per heavy atom. The molecule has 0 aromatic carbocycles. The molecule has 0 atom stereocenters. The van der Waals surface area contributed by atoms with Gasteiger partial charge in [0.1, 0.15) is 6.54 Å². The summed E-state index contributed by atoms with van der Waals surface area (Å²) < 4.78 is 35.5. The molecule has 0 heterocycles. The summed E-state index contributed by atoms with van der Waals surface area (Å²) in [4.78, 5) is 21.6. The van der Waals surface area contributed by atoms with Crippen molar-refractivity contribution in [2.24, 2.45) is 0 Å². The van der Waals surface area contributed by atoms with Gasteiger partial charge in [-0.05, 0) is 0 Å². The van der Waals surface area contributed by atoms with Crippen LogP contribution in [0.3, 0.4) is 0 Å². The summed E-state index contributed by atoms with van der Waals surface area (Å²) >= 11 is 0.766. The summed E-state index contributed by atoms with van der Waals surface area (Å²) in [7, 11) is 1.02. The molecule has 4 nitrogen and oxygen atoms in total. The molecule has 0 unspecified atom stereocenters. The van der Waals surface area contributed by atoms with E-state index in [9.17, 15) is 22.8 Å². The zero-order chi connectivity index (χ0) is 12.1. The van der Waals surface area contributed by atoms with Gasteiger partial charge in [-0.15, -0.1) is 11.8 Å². The van der Waals surface area contributed by atoms with E-state index in [-0.39, 0.29) is 11.5 Å². The molecule has 0 aromatic rings. The lowest BCUT2D eigenvalue weighted by atomic mass is 10.5. The zero-order valence-electron chi connectivity index (χ0n) is 7.87. The number of nitrogens with zero attached hydrogens (tertiary/aromatic N) is 1. The molecular formula is C7H10F3NO3S. The van der Waals surface area contributed by atoms with Crippen LogP contribution in [0.2, 0.25) is 0 Å². The first kappa shape index (κ1) is 14.1. The molecule has 0 aliphatic rings. The molecule has 0 radical (unpaired) electrons. The molecule has 0 spiro atoms. The SMILES string of the molecule is CN(CC(F)(F)F)C(=O)CSCC(=O)O. The molecule has 0 saturated carbocycles. The molecule has 0 aliphatic carbocycles. The third kappa shape index (κ3) is 8.10. The number of rotatable bonds is 5. The number of halogens is 3. The number of amides is 1. The highest BCUT2D eigenvalue weighted by atomic mass is 32.2. The molecule has 0 aromatic heterocycles. The smallest absolute Gasteiger partial charge is 0.406 e. The number of carbonyl (C=O) groups is 2. The Morgan fingerprint density at radius 3 is 2.27 bits per heavy atom. The maximum atomic E-state index is 11.8. The molecule has 1 N–H and O–H groups in total. The molecule has 8 heteroatoms. The van der Waals surface area contributed by atoms with Crippen LogP contribution in [0.4, 0.5) is 13.2 Å². The van der Waals surface area contributed by atoms with Gasteiger partial charge in [-0.2, -0.15) is 13.2 Å². The molecule has 0 fully saturated rings. The second-order valence-electron chi connectivity index (χ2n) is 2.75. The molecular weight excluding hydrogens is 235 g/mol. The minimum atomic E-state index is -4.43. The fourth-order valence-corrected chi connectivity index (χ4v) is 1.36. The van der Waals surface area contributed by atoms with Crippen LogP contribution >= 0.6 is 11.8 Å². The topological polar surface area (TPSA) is 57.6 Å². The molecule has 15 heavy (non-hydrogen) atoms. The maximum absolute atomic E-state index is 11.8. The Balaban J connectivity index is 3.85. The van der Waals surface area contributed by atoms with Crippen molar-refractivity contribution in [3.05, 3.63) is 0 Å². The van der Waals surface area contributed by atoms with Gasteiger partial charge < -0.3 is 10.0 Å². The van der Waals surface area contributed by atoms with Crippen LogP contribution in [0.5, 0.6) is 0 Å². The number of carbonyl (C=O) groups excluding carboxylic acids is 1. The van der Waals surface area contributed by atoms with Gasteiger partial charge in [0.05, 0.1) is 11.5 Å². The van der Waals surface area contributed by atoms with Gasteiger partial charge in [-0.3, -0.25) is 9.59 Å². The Bertz CT molecular complexity index is 244. The van der Waals surface area contributed by atoms with Crippen LogP contribution in [-0.4, -0.2) is 53.2 Å². The van der Waals surface area contributed by atoms with E-state index >= 15 is 0 Å². The van der Waals surface area contributed by atoms with Gasteiger partial charge >= 0.3 is 12.1 Å². The van der Waals surface area contributed by atoms with Crippen molar-refractivity contribution in [3.8, 4) is 0 Å². The number of alkyl halides is 3. The minimum Gasteiger partial charge on any atom is -0.481 e. The van der Waals surface area contributed by atoms with E-state index in [0.29, 0.717) is 4.90 Å². The Labute approximate surface area is 88.4 Å². The molecule has 1 amide bonds. The van der Waals surface area contributed by atoms with Crippen molar-refractivity contribution >= 4 is 23.6 Å². The maximum Gasteiger partial charge on any atom is 0.406 e. The predicted octanol–water partition coefficient (Wildman–Crippen LogP) is 0.825. The van der Waals surface area contributed by atoms with E-state index in [1.807, 2.05) is 0 Å². The zero-order valence-corrected chi connectivity index (χ0v) is 8.69. The minimum absolute atomic E-state index is 0.265. The van der Waals surface area contributed by atoms with Crippen molar-refractivity contribution in [2.75, 3.05) is 25.1 Å². The normalized spacial score (nSPS) is 11.2. The van der Waals surface area contributed by atoms with E-state index in [0.717, 1.165) is 18.8 Å².